The Morgan fingerprint density at radius 2 is 1.69 bits per heavy atom. The normalized spacial score (nSPS) is 10.8. The van der Waals surface area contributed by atoms with Crippen molar-refractivity contribution in [2.45, 2.75) is 12.8 Å². The molecule has 0 fully saturated rings. The van der Waals surface area contributed by atoms with E-state index < -0.39 is 5.82 Å². The second kappa shape index (κ2) is 8.52. The maximum atomic E-state index is 13.6. The Balaban J connectivity index is 1.29. The highest BCUT2D eigenvalue weighted by Gasteiger charge is 2.09. The standard InChI is InChI=1S/C22H20FN5O/c23-18-7-3-1-5-15(18)13-22(29)26-21-10-9-20(27-28-21)24-12-11-16-14-25-19-8-4-2-6-17(16)19/h1-10,14,25H,11-13H2,(H,24,27)(H,26,28,29). The molecule has 3 N–H and O–H groups in total. The molecule has 1 amide bonds. The van der Waals surface area contributed by atoms with Gasteiger partial charge in [0, 0.05) is 23.6 Å². The first-order valence-electron chi connectivity index (χ1n) is 9.35. The van der Waals surface area contributed by atoms with Crippen molar-refractivity contribution in [1.82, 2.24) is 15.2 Å². The highest BCUT2D eigenvalue weighted by molar-refractivity contribution is 5.91. The minimum atomic E-state index is -0.400. The second-order valence-electron chi connectivity index (χ2n) is 6.66. The third-order valence-corrected chi connectivity index (χ3v) is 4.62. The molecule has 6 nitrogen and oxygen atoms in total. The van der Waals surface area contributed by atoms with Crippen LogP contribution < -0.4 is 10.6 Å². The van der Waals surface area contributed by atoms with E-state index in [4.69, 9.17) is 0 Å². The minimum absolute atomic E-state index is 0.0566. The molecular formula is C22H20FN5O. The van der Waals surface area contributed by atoms with Gasteiger partial charge in [-0.1, -0.05) is 36.4 Å². The van der Waals surface area contributed by atoms with Crippen molar-refractivity contribution in [3.63, 3.8) is 0 Å². The van der Waals surface area contributed by atoms with Gasteiger partial charge < -0.3 is 15.6 Å². The molecule has 4 aromatic rings. The van der Waals surface area contributed by atoms with Crippen molar-refractivity contribution in [3.05, 3.63) is 83.8 Å². The third-order valence-electron chi connectivity index (χ3n) is 4.62. The fourth-order valence-electron chi connectivity index (χ4n) is 3.16. The number of aromatic amines is 1. The van der Waals surface area contributed by atoms with Crippen molar-refractivity contribution in [1.29, 1.82) is 0 Å². The number of nitrogens with one attached hydrogen (secondary N) is 3. The Bertz CT molecular complexity index is 1120. The molecule has 2 aromatic heterocycles. The van der Waals surface area contributed by atoms with E-state index in [1.807, 2.05) is 18.3 Å². The van der Waals surface area contributed by atoms with Gasteiger partial charge in [-0.25, -0.2) is 4.39 Å². The van der Waals surface area contributed by atoms with Crippen LogP contribution >= 0.6 is 0 Å². The topological polar surface area (TPSA) is 82.7 Å². The van der Waals surface area contributed by atoms with Gasteiger partial charge in [0.1, 0.15) is 11.6 Å². The van der Waals surface area contributed by atoms with E-state index >= 15 is 0 Å². The second-order valence-corrected chi connectivity index (χ2v) is 6.66. The summed E-state index contributed by atoms with van der Waals surface area (Å²) in [5, 5.41) is 15.2. The summed E-state index contributed by atoms with van der Waals surface area (Å²) in [4.78, 5) is 15.3. The summed E-state index contributed by atoms with van der Waals surface area (Å²) in [7, 11) is 0. The zero-order valence-corrected chi connectivity index (χ0v) is 15.7. The molecule has 0 aliphatic heterocycles. The molecule has 7 heteroatoms. The summed E-state index contributed by atoms with van der Waals surface area (Å²) in [6.45, 7) is 0.704. The number of carbonyl (C=O) groups is 1. The molecule has 2 aromatic carbocycles. The molecule has 2 heterocycles. The maximum Gasteiger partial charge on any atom is 0.230 e. The molecule has 0 spiro atoms. The van der Waals surface area contributed by atoms with E-state index in [-0.39, 0.29) is 12.3 Å². The van der Waals surface area contributed by atoms with Crippen LogP contribution in [0.25, 0.3) is 10.9 Å². The van der Waals surface area contributed by atoms with Crippen molar-refractivity contribution in [3.8, 4) is 0 Å². The molecule has 0 radical (unpaired) electrons. The first-order valence-corrected chi connectivity index (χ1v) is 9.35. The summed E-state index contributed by atoms with van der Waals surface area (Å²) in [5.74, 6) is 0.207. The number of aromatic nitrogens is 3. The largest absolute Gasteiger partial charge is 0.368 e. The van der Waals surface area contributed by atoms with Crippen LogP contribution in [0, 0.1) is 5.82 Å². The lowest BCUT2D eigenvalue weighted by atomic mass is 10.1. The average molecular weight is 389 g/mol. The zero-order valence-electron chi connectivity index (χ0n) is 15.7. The molecule has 0 atom stereocenters. The number of H-pyrrole nitrogens is 1. The summed E-state index contributed by atoms with van der Waals surface area (Å²) >= 11 is 0. The van der Waals surface area contributed by atoms with E-state index in [9.17, 15) is 9.18 Å². The predicted octanol–water partition coefficient (Wildman–Crippen LogP) is 3.93. The van der Waals surface area contributed by atoms with Gasteiger partial charge >= 0.3 is 0 Å². The molecule has 0 aliphatic rings. The van der Waals surface area contributed by atoms with Gasteiger partial charge in [-0.3, -0.25) is 4.79 Å². The van der Waals surface area contributed by atoms with Crippen molar-refractivity contribution >= 4 is 28.4 Å². The lowest BCUT2D eigenvalue weighted by Crippen LogP contribution is -2.16. The van der Waals surface area contributed by atoms with Crippen LogP contribution in [0.5, 0.6) is 0 Å². The molecule has 0 saturated carbocycles. The van der Waals surface area contributed by atoms with Gasteiger partial charge in [0.25, 0.3) is 0 Å². The first-order chi connectivity index (χ1) is 14.2. The van der Waals surface area contributed by atoms with Crippen LogP contribution in [0.3, 0.4) is 0 Å². The monoisotopic (exact) mass is 389 g/mol. The third kappa shape index (κ3) is 4.57. The van der Waals surface area contributed by atoms with Gasteiger partial charge in [-0.2, -0.15) is 0 Å². The van der Waals surface area contributed by atoms with Gasteiger partial charge in [0.2, 0.25) is 5.91 Å². The molecule has 29 heavy (non-hydrogen) atoms. The summed E-state index contributed by atoms with van der Waals surface area (Å²) in [5.41, 5.74) is 2.70. The van der Waals surface area contributed by atoms with Crippen LogP contribution in [0.2, 0.25) is 0 Å². The number of halogens is 1. The molecule has 146 valence electrons. The molecule has 0 saturated heterocycles. The van der Waals surface area contributed by atoms with Crippen LogP contribution in [-0.4, -0.2) is 27.6 Å². The van der Waals surface area contributed by atoms with Gasteiger partial charge in [-0.15, -0.1) is 10.2 Å². The Hall–Kier alpha value is -3.74. The van der Waals surface area contributed by atoms with Gasteiger partial charge in [0.05, 0.1) is 6.42 Å². The minimum Gasteiger partial charge on any atom is -0.368 e. The number of amides is 1. The number of hydrogen-bond donors (Lipinski definition) is 3. The quantitative estimate of drug-likeness (QED) is 0.447. The Kier molecular flexibility index (Phi) is 5.47. The Morgan fingerprint density at radius 1 is 0.931 bits per heavy atom. The maximum absolute atomic E-state index is 13.6. The average Bonchev–Trinajstić information content (AvgIpc) is 3.14. The van der Waals surface area contributed by atoms with Crippen molar-refractivity contribution in [2.75, 3.05) is 17.2 Å². The lowest BCUT2D eigenvalue weighted by Gasteiger charge is -2.07. The molecule has 0 aliphatic carbocycles. The van der Waals surface area contributed by atoms with Crippen LogP contribution in [0.1, 0.15) is 11.1 Å². The Labute approximate surface area is 167 Å². The van der Waals surface area contributed by atoms with E-state index in [1.54, 1.807) is 30.3 Å². The van der Waals surface area contributed by atoms with Gasteiger partial charge in [0.15, 0.2) is 5.82 Å². The summed E-state index contributed by atoms with van der Waals surface area (Å²) < 4.78 is 13.6. The first kappa shape index (κ1) is 18.6. The fourth-order valence-corrected chi connectivity index (χ4v) is 3.16. The van der Waals surface area contributed by atoms with Crippen molar-refractivity contribution in [2.24, 2.45) is 0 Å². The smallest absolute Gasteiger partial charge is 0.230 e. The predicted molar refractivity (Wildman–Crippen MR) is 111 cm³/mol. The van der Waals surface area contributed by atoms with Crippen LogP contribution in [0.4, 0.5) is 16.0 Å². The van der Waals surface area contributed by atoms with Crippen LogP contribution in [0.15, 0.2) is 66.9 Å². The molecular weight excluding hydrogens is 369 g/mol. The van der Waals surface area contributed by atoms with E-state index in [1.165, 1.54) is 17.0 Å². The van der Waals surface area contributed by atoms with Gasteiger partial charge in [-0.05, 0) is 41.8 Å². The Morgan fingerprint density at radius 3 is 2.52 bits per heavy atom. The van der Waals surface area contributed by atoms with E-state index in [0.29, 0.717) is 23.7 Å². The molecule has 0 unspecified atom stereocenters. The van der Waals surface area contributed by atoms with Crippen LogP contribution in [-0.2, 0) is 17.6 Å². The summed E-state index contributed by atoms with van der Waals surface area (Å²) in [6.07, 6.45) is 2.80. The number of nitrogens with zero attached hydrogens (tertiary/aromatic N) is 2. The SMILES string of the molecule is O=C(Cc1ccccc1F)Nc1ccc(NCCc2c[nH]c3ccccc23)nn1. The number of hydrogen-bond acceptors (Lipinski definition) is 4. The summed E-state index contributed by atoms with van der Waals surface area (Å²) in [6, 6.07) is 17.8. The number of rotatable bonds is 7. The number of para-hydroxylation sites is 1. The highest BCUT2D eigenvalue weighted by Crippen LogP contribution is 2.18. The van der Waals surface area contributed by atoms with Crippen molar-refractivity contribution < 1.29 is 9.18 Å². The lowest BCUT2D eigenvalue weighted by molar-refractivity contribution is -0.115. The molecule has 4 rings (SSSR count). The number of carbonyl (C=O) groups excluding carboxylic acids is 1. The fraction of sp³-hybridized carbons (Fsp3) is 0.136. The molecule has 0 bridgehead atoms. The van der Waals surface area contributed by atoms with E-state index in [0.717, 1.165) is 11.9 Å². The number of fused-ring (bicyclic) bond motifs is 1. The number of benzene rings is 2. The zero-order chi connectivity index (χ0) is 20.1. The highest BCUT2D eigenvalue weighted by atomic mass is 19.1. The number of anilines is 2. The van der Waals surface area contributed by atoms with E-state index in [2.05, 4.69) is 37.9 Å².